The SMILES string of the molecule is CC(C)c1nc(CCO/C2=C/CCCCCCCCCC2)n(C)c1Sc1cc(Cl)cc(Cl)c1. The smallest absolute Gasteiger partial charge is 0.113 e. The maximum absolute atomic E-state index is 6.27. The van der Waals surface area contributed by atoms with E-state index in [4.69, 9.17) is 32.9 Å². The van der Waals surface area contributed by atoms with Crippen LogP contribution >= 0.6 is 35.0 Å². The maximum atomic E-state index is 6.27. The van der Waals surface area contributed by atoms with Crippen LogP contribution in [0.5, 0.6) is 0 Å². The van der Waals surface area contributed by atoms with E-state index in [2.05, 4.69) is 31.5 Å². The number of benzene rings is 1. The van der Waals surface area contributed by atoms with Crippen molar-refractivity contribution in [1.29, 1.82) is 0 Å². The zero-order valence-corrected chi connectivity index (χ0v) is 22.7. The van der Waals surface area contributed by atoms with Gasteiger partial charge in [-0.2, -0.15) is 0 Å². The minimum Gasteiger partial charge on any atom is -0.498 e. The van der Waals surface area contributed by atoms with Gasteiger partial charge in [-0.15, -0.1) is 0 Å². The van der Waals surface area contributed by atoms with Crippen molar-refractivity contribution in [1.82, 2.24) is 9.55 Å². The van der Waals surface area contributed by atoms with E-state index in [0.717, 1.165) is 40.7 Å². The molecule has 3 rings (SSSR count). The molecule has 0 amide bonds. The summed E-state index contributed by atoms with van der Waals surface area (Å²) in [5.74, 6) is 2.57. The lowest BCUT2D eigenvalue weighted by Crippen LogP contribution is -2.05. The molecular weight excluding hydrogens is 471 g/mol. The third-order valence-electron chi connectivity index (χ3n) is 6.12. The molecule has 6 heteroatoms. The Morgan fingerprint density at radius 1 is 0.970 bits per heavy atom. The molecule has 0 saturated heterocycles. The van der Waals surface area contributed by atoms with Crippen LogP contribution in [0.2, 0.25) is 10.0 Å². The van der Waals surface area contributed by atoms with Crippen molar-refractivity contribution in [2.24, 2.45) is 7.05 Å². The van der Waals surface area contributed by atoms with Gasteiger partial charge in [-0.05, 0) is 49.5 Å². The van der Waals surface area contributed by atoms with Crippen LogP contribution in [-0.2, 0) is 18.2 Å². The molecule has 0 bridgehead atoms. The number of rotatable bonds is 7. The molecule has 1 aromatic carbocycles. The van der Waals surface area contributed by atoms with Crippen LogP contribution in [-0.4, -0.2) is 16.2 Å². The van der Waals surface area contributed by atoms with E-state index in [0.29, 0.717) is 22.6 Å². The van der Waals surface area contributed by atoms with Crippen LogP contribution < -0.4 is 0 Å². The molecule has 0 unspecified atom stereocenters. The molecule has 3 nitrogen and oxygen atoms in total. The van der Waals surface area contributed by atoms with Gasteiger partial charge in [-0.25, -0.2) is 4.98 Å². The topological polar surface area (TPSA) is 27.1 Å². The van der Waals surface area contributed by atoms with Crippen molar-refractivity contribution in [3.63, 3.8) is 0 Å². The normalized spacial score (nSPS) is 17.8. The summed E-state index contributed by atoms with van der Waals surface area (Å²) in [6.45, 7) is 5.04. The van der Waals surface area contributed by atoms with Gasteiger partial charge >= 0.3 is 0 Å². The van der Waals surface area contributed by atoms with Crippen molar-refractivity contribution in [2.75, 3.05) is 6.61 Å². The number of aromatic nitrogens is 2. The van der Waals surface area contributed by atoms with E-state index in [-0.39, 0.29) is 0 Å². The average Bonchev–Trinajstić information content (AvgIpc) is 3.05. The summed E-state index contributed by atoms with van der Waals surface area (Å²) in [5.41, 5.74) is 1.11. The van der Waals surface area contributed by atoms with Crippen LogP contribution in [0.15, 0.2) is 40.0 Å². The first-order chi connectivity index (χ1) is 15.9. The van der Waals surface area contributed by atoms with Crippen LogP contribution in [0.1, 0.15) is 95.5 Å². The van der Waals surface area contributed by atoms with Gasteiger partial charge in [0.2, 0.25) is 0 Å². The predicted molar refractivity (Wildman–Crippen MR) is 142 cm³/mol. The van der Waals surface area contributed by atoms with Crippen LogP contribution in [0, 0.1) is 0 Å². The standard InChI is InChI=1S/C27H38Cl2N2OS/c1-20(2)26-27(33-24-18-21(28)17-22(29)19-24)31(3)25(30-26)15-16-32-23-13-11-9-7-5-4-6-8-10-12-14-23/h13,17-20H,4-12,14-16H2,1-3H3/b23-13+. The number of imidazole rings is 1. The molecule has 2 aromatic rings. The zero-order chi connectivity index (χ0) is 23.6. The van der Waals surface area contributed by atoms with Crippen molar-refractivity contribution in [3.05, 3.63) is 51.6 Å². The molecule has 1 aliphatic carbocycles. The number of allylic oxidation sites excluding steroid dienone is 2. The Morgan fingerprint density at radius 3 is 2.27 bits per heavy atom. The molecule has 33 heavy (non-hydrogen) atoms. The quantitative estimate of drug-likeness (QED) is 0.372. The third kappa shape index (κ3) is 8.56. The zero-order valence-electron chi connectivity index (χ0n) is 20.3. The molecule has 1 heterocycles. The number of nitrogens with zero attached hydrogens (tertiary/aromatic N) is 2. The van der Waals surface area contributed by atoms with Gasteiger partial charge < -0.3 is 9.30 Å². The number of halogens is 2. The van der Waals surface area contributed by atoms with Gasteiger partial charge in [0.05, 0.1) is 18.1 Å². The molecular formula is C27H38Cl2N2OS. The minimum absolute atomic E-state index is 0.331. The van der Waals surface area contributed by atoms with Crippen LogP contribution in [0.3, 0.4) is 0 Å². The Labute approximate surface area is 214 Å². The summed E-state index contributed by atoms with van der Waals surface area (Å²) in [7, 11) is 2.10. The van der Waals surface area contributed by atoms with Gasteiger partial charge in [0, 0.05) is 34.8 Å². The van der Waals surface area contributed by atoms with E-state index in [9.17, 15) is 0 Å². The average molecular weight is 510 g/mol. The van der Waals surface area contributed by atoms with Gasteiger partial charge in [0.25, 0.3) is 0 Å². The fraction of sp³-hybridized carbons (Fsp3) is 0.593. The number of hydrogen-bond donors (Lipinski definition) is 0. The largest absolute Gasteiger partial charge is 0.498 e. The number of hydrogen-bond acceptors (Lipinski definition) is 3. The summed E-state index contributed by atoms with van der Waals surface area (Å²) in [6, 6.07) is 5.67. The van der Waals surface area contributed by atoms with Gasteiger partial charge in [-0.3, -0.25) is 0 Å². The van der Waals surface area contributed by atoms with E-state index in [1.807, 2.05) is 12.1 Å². The Morgan fingerprint density at radius 2 is 1.61 bits per heavy atom. The molecule has 0 N–H and O–H groups in total. The first kappa shape index (κ1) is 26.5. The summed E-state index contributed by atoms with van der Waals surface area (Å²) < 4.78 is 8.47. The van der Waals surface area contributed by atoms with E-state index in [1.54, 1.807) is 17.8 Å². The van der Waals surface area contributed by atoms with Crippen LogP contribution in [0.25, 0.3) is 0 Å². The first-order valence-corrected chi connectivity index (χ1v) is 14.0. The molecule has 0 atom stereocenters. The highest BCUT2D eigenvalue weighted by Gasteiger charge is 2.19. The van der Waals surface area contributed by atoms with Crippen molar-refractivity contribution < 1.29 is 4.74 Å². The Balaban J connectivity index is 1.65. The highest BCUT2D eigenvalue weighted by molar-refractivity contribution is 7.99. The minimum atomic E-state index is 0.331. The fourth-order valence-corrected chi connectivity index (χ4v) is 6.12. The van der Waals surface area contributed by atoms with Crippen molar-refractivity contribution >= 4 is 35.0 Å². The van der Waals surface area contributed by atoms with Crippen LogP contribution in [0.4, 0.5) is 0 Å². The predicted octanol–water partition coefficient (Wildman–Crippen LogP) is 9.36. The van der Waals surface area contributed by atoms with Crippen molar-refractivity contribution in [3.8, 4) is 0 Å². The summed E-state index contributed by atoms with van der Waals surface area (Å²) in [4.78, 5) is 6.02. The monoisotopic (exact) mass is 508 g/mol. The lowest BCUT2D eigenvalue weighted by atomic mass is 10.0. The summed E-state index contributed by atoms with van der Waals surface area (Å²) in [5, 5.41) is 2.44. The number of ether oxygens (including phenoxy) is 1. The molecule has 1 aliphatic rings. The second kappa shape index (κ2) is 13.7. The lowest BCUT2D eigenvalue weighted by molar-refractivity contribution is 0.199. The summed E-state index contributed by atoms with van der Waals surface area (Å²) >= 11 is 14.1. The van der Waals surface area contributed by atoms with Gasteiger partial charge in [0.15, 0.2) is 0 Å². The molecule has 0 radical (unpaired) electrons. The first-order valence-electron chi connectivity index (χ1n) is 12.5. The molecule has 182 valence electrons. The van der Waals surface area contributed by atoms with E-state index < -0.39 is 0 Å². The molecule has 0 aliphatic heterocycles. The van der Waals surface area contributed by atoms with Crippen molar-refractivity contribution in [2.45, 2.75) is 100 Å². The van der Waals surface area contributed by atoms with Gasteiger partial charge in [0.1, 0.15) is 10.9 Å². The maximum Gasteiger partial charge on any atom is 0.113 e. The molecule has 0 fully saturated rings. The fourth-order valence-electron chi connectivity index (χ4n) is 4.24. The highest BCUT2D eigenvalue weighted by Crippen LogP contribution is 2.36. The van der Waals surface area contributed by atoms with E-state index >= 15 is 0 Å². The molecule has 1 aromatic heterocycles. The lowest BCUT2D eigenvalue weighted by Gasteiger charge is -2.12. The van der Waals surface area contributed by atoms with Gasteiger partial charge in [-0.1, -0.05) is 87.3 Å². The Kier molecular flexibility index (Phi) is 11.0. The molecule has 0 saturated carbocycles. The molecule has 0 spiro atoms. The summed E-state index contributed by atoms with van der Waals surface area (Å²) in [6.07, 6.45) is 16.0. The van der Waals surface area contributed by atoms with E-state index in [1.165, 1.54) is 57.1 Å². The highest BCUT2D eigenvalue weighted by atomic mass is 35.5. The second-order valence-corrected chi connectivity index (χ2v) is 11.2. The Bertz CT molecular complexity index is 903. The Hall–Kier alpha value is -1.10. The third-order valence-corrected chi connectivity index (χ3v) is 7.70. The second-order valence-electron chi connectivity index (χ2n) is 9.28.